The third-order valence-corrected chi connectivity index (χ3v) is 16.3. The van der Waals surface area contributed by atoms with Crippen molar-refractivity contribution in [3.05, 3.63) is 326 Å². The monoisotopic (exact) mass is 978 g/mol. The highest BCUT2D eigenvalue weighted by Gasteiger charge is 2.46. The first-order valence-electron chi connectivity index (χ1n) is 26.7. The molecule has 2 heteroatoms. The lowest BCUT2D eigenvalue weighted by molar-refractivity contribution is 0.768. The van der Waals surface area contributed by atoms with Crippen molar-refractivity contribution in [1.82, 2.24) is 4.57 Å². The third kappa shape index (κ3) is 6.96. The molecule has 0 radical (unpaired) electrons. The maximum absolute atomic E-state index is 2.55. The lowest BCUT2D eigenvalue weighted by Gasteiger charge is -2.33. The summed E-state index contributed by atoms with van der Waals surface area (Å²) in [5, 5.41) is 7.23. The van der Waals surface area contributed by atoms with Crippen LogP contribution in [0, 0.1) is 0 Å². The van der Waals surface area contributed by atoms with E-state index in [-0.39, 0.29) is 0 Å². The van der Waals surface area contributed by atoms with Crippen molar-refractivity contribution in [1.29, 1.82) is 0 Å². The molecule has 1 aliphatic carbocycles. The summed E-state index contributed by atoms with van der Waals surface area (Å²) in [6.45, 7) is 0. The van der Waals surface area contributed by atoms with Gasteiger partial charge in [0, 0.05) is 38.5 Å². The number of rotatable bonds is 9. The smallest absolute Gasteiger partial charge is 0.0713 e. The van der Waals surface area contributed by atoms with Gasteiger partial charge in [-0.05, 0) is 114 Å². The second kappa shape index (κ2) is 18.1. The minimum atomic E-state index is -0.471. The highest BCUT2D eigenvalue weighted by atomic mass is 15.1. The van der Waals surface area contributed by atoms with Gasteiger partial charge in [-0.2, -0.15) is 0 Å². The zero-order chi connectivity index (χ0) is 50.9. The van der Waals surface area contributed by atoms with Crippen LogP contribution in [-0.4, -0.2) is 4.57 Å². The van der Waals surface area contributed by atoms with Crippen molar-refractivity contribution in [3.8, 4) is 50.2 Å². The van der Waals surface area contributed by atoms with E-state index in [9.17, 15) is 0 Å². The molecule has 0 fully saturated rings. The molecule has 0 saturated heterocycles. The number of anilines is 3. The Morgan fingerprint density at radius 3 is 1.40 bits per heavy atom. The SMILES string of the molecule is c1ccc(-c2ccc(N(c3ccc4c5ccccc5n(-c5c6ccccc6c(-c6ccc7c(c6)-c6ccccc6C7(c6ccccc6)c6ccccc6)c6ccccc56)c4c3)c3ccccc3-c3ccccc3)cc2)cc1. The molecule has 0 amide bonds. The van der Waals surface area contributed by atoms with Gasteiger partial charge in [0.25, 0.3) is 0 Å². The van der Waals surface area contributed by atoms with Crippen LogP contribution >= 0.6 is 0 Å². The van der Waals surface area contributed by atoms with Crippen LogP contribution in [0.25, 0.3) is 93.5 Å². The molecule has 0 spiro atoms. The molecule has 15 rings (SSSR count). The molecular formula is C75H50N2. The zero-order valence-corrected chi connectivity index (χ0v) is 42.3. The second-order valence-electron chi connectivity index (χ2n) is 20.3. The fourth-order valence-electron chi connectivity index (χ4n) is 13.0. The number of fused-ring (bicyclic) bond motifs is 8. The molecule has 77 heavy (non-hydrogen) atoms. The Hall–Kier alpha value is -10.0. The normalized spacial score (nSPS) is 12.5. The standard InChI is InChI=1S/C75H50N2/c1-5-23-51(24-6-1)52-41-44-57(45-42-52)76(70-39-21-18-31-59(70)53-25-7-2-8-26-53)58-46-47-62-61-33-19-22-40-71(61)77(72(62)50-58)74-65-36-15-13-34-63(65)73(64-35-14-16-37-66(64)74)54-43-48-69-67(49-54)60-32-17-20-38-68(60)75(69,55-27-9-3-10-28-55)56-29-11-4-12-30-56/h1-50H. The fourth-order valence-corrected chi connectivity index (χ4v) is 13.0. The number of hydrogen-bond acceptors (Lipinski definition) is 1. The highest BCUT2D eigenvalue weighted by Crippen LogP contribution is 2.57. The van der Waals surface area contributed by atoms with Gasteiger partial charge in [-0.3, -0.25) is 0 Å². The maximum Gasteiger partial charge on any atom is 0.0713 e. The summed E-state index contributed by atoms with van der Waals surface area (Å²) < 4.78 is 2.55. The summed E-state index contributed by atoms with van der Waals surface area (Å²) in [6.07, 6.45) is 0. The largest absolute Gasteiger partial charge is 0.310 e. The first kappa shape index (κ1) is 44.5. The first-order valence-corrected chi connectivity index (χ1v) is 26.7. The first-order chi connectivity index (χ1) is 38.2. The predicted molar refractivity (Wildman–Crippen MR) is 324 cm³/mol. The van der Waals surface area contributed by atoms with Crippen LogP contribution in [0.1, 0.15) is 22.3 Å². The van der Waals surface area contributed by atoms with Crippen LogP contribution in [0.4, 0.5) is 17.1 Å². The molecule has 360 valence electrons. The molecule has 14 aromatic rings. The van der Waals surface area contributed by atoms with Crippen LogP contribution in [0.15, 0.2) is 303 Å². The molecule has 0 atom stereocenters. The van der Waals surface area contributed by atoms with Gasteiger partial charge in [-0.25, -0.2) is 0 Å². The van der Waals surface area contributed by atoms with Crippen LogP contribution in [0.3, 0.4) is 0 Å². The molecule has 1 aromatic heterocycles. The van der Waals surface area contributed by atoms with E-state index in [1.165, 1.54) is 105 Å². The van der Waals surface area contributed by atoms with Gasteiger partial charge in [0.15, 0.2) is 0 Å². The van der Waals surface area contributed by atoms with Crippen molar-refractivity contribution in [2.75, 3.05) is 4.90 Å². The second-order valence-corrected chi connectivity index (χ2v) is 20.3. The topological polar surface area (TPSA) is 8.17 Å². The Morgan fingerprint density at radius 1 is 0.273 bits per heavy atom. The van der Waals surface area contributed by atoms with E-state index >= 15 is 0 Å². The van der Waals surface area contributed by atoms with E-state index < -0.39 is 5.41 Å². The Morgan fingerprint density at radius 2 is 0.740 bits per heavy atom. The minimum absolute atomic E-state index is 0.471. The van der Waals surface area contributed by atoms with E-state index in [4.69, 9.17) is 0 Å². The summed E-state index contributed by atoms with van der Waals surface area (Å²) >= 11 is 0. The summed E-state index contributed by atoms with van der Waals surface area (Å²) in [5.41, 5.74) is 21.1. The van der Waals surface area contributed by atoms with Gasteiger partial charge in [-0.1, -0.05) is 261 Å². The summed E-state index contributed by atoms with van der Waals surface area (Å²) in [5.74, 6) is 0. The van der Waals surface area contributed by atoms with E-state index in [1.807, 2.05) is 0 Å². The Kier molecular flexibility index (Phi) is 10.5. The number of benzene rings is 13. The van der Waals surface area contributed by atoms with Gasteiger partial charge in [0.2, 0.25) is 0 Å². The van der Waals surface area contributed by atoms with Crippen LogP contribution in [0.5, 0.6) is 0 Å². The maximum atomic E-state index is 2.55. The van der Waals surface area contributed by atoms with Crippen LogP contribution in [0.2, 0.25) is 0 Å². The van der Waals surface area contributed by atoms with Crippen molar-refractivity contribution < 1.29 is 0 Å². The van der Waals surface area contributed by atoms with E-state index in [0.29, 0.717) is 0 Å². The molecule has 0 bridgehead atoms. The number of para-hydroxylation sites is 2. The summed E-state index contributed by atoms with van der Waals surface area (Å²) in [6, 6.07) is 112. The average Bonchev–Trinajstić information content (AvgIpc) is 4.01. The van der Waals surface area contributed by atoms with Gasteiger partial charge in [-0.15, -0.1) is 0 Å². The molecule has 0 N–H and O–H groups in total. The Bertz CT molecular complexity index is 4440. The Balaban J connectivity index is 0.966. The van der Waals surface area contributed by atoms with Gasteiger partial charge in [0.1, 0.15) is 0 Å². The lowest BCUT2D eigenvalue weighted by Crippen LogP contribution is -2.28. The molecule has 1 heterocycles. The van der Waals surface area contributed by atoms with Crippen molar-refractivity contribution in [2.45, 2.75) is 5.41 Å². The molecule has 0 unspecified atom stereocenters. The highest BCUT2D eigenvalue weighted by molar-refractivity contribution is 6.21. The molecular weight excluding hydrogens is 929 g/mol. The predicted octanol–water partition coefficient (Wildman–Crippen LogP) is 19.9. The van der Waals surface area contributed by atoms with Crippen molar-refractivity contribution >= 4 is 60.4 Å². The van der Waals surface area contributed by atoms with Crippen LogP contribution < -0.4 is 4.90 Å². The quantitative estimate of drug-likeness (QED) is 0.131. The van der Waals surface area contributed by atoms with E-state index in [0.717, 1.165) is 28.1 Å². The molecule has 2 nitrogen and oxygen atoms in total. The molecule has 13 aromatic carbocycles. The zero-order valence-electron chi connectivity index (χ0n) is 42.3. The molecule has 0 saturated carbocycles. The van der Waals surface area contributed by atoms with E-state index in [2.05, 4.69) is 313 Å². The summed E-state index contributed by atoms with van der Waals surface area (Å²) in [4.78, 5) is 2.44. The molecule has 1 aliphatic rings. The van der Waals surface area contributed by atoms with Gasteiger partial charge in [0.05, 0.1) is 27.8 Å². The van der Waals surface area contributed by atoms with Gasteiger partial charge < -0.3 is 9.47 Å². The third-order valence-electron chi connectivity index (χ3n) is 16.3. The lowest BCUT2D eigenvalue weighted by atomic mass is 9.67. The van der Waals surface area contributed by atoms with Crippen molar-refractivity contribution in [2.24, 2.45) is 0 Å². The number of hydrogen-bond donors (Lipinski definition) is 0. The van der Waals surface area contributed by atoms with Gasteiger partial charge >= 0.3 is 0 Å². The Labute approximate surface area is 448 Å². The summed E-state index contributed by atoms with van der Waals surface area (Å²) in [7, 11) is 0. The fraction of sp³-hybridized carbons (Fsp3) is 0.0133. The van der Waals surface area contributed by atoms with Crippen molar-refractivity contribution in [3.63, 3.8) is 0 Å². The van der Waals surface area contributed by atoms with E-state index in [1.54, 1.807) is 0 Å². The molecule has 0 aliphatic heterocycles. The number of aromatic nitrogens is 1. The minimum Gasteiger partial charge on any atom is -0.310 e. The average molecular weight is 979 g/mol. The van der Waals surface area contributed by atoms with Crippen LogP contribution in [-0.2, 0) is 5.41 Å². The number of nitrogens with zero attached hydrogens (tertiary/aromatic N) is 2.